The lowest BCUT2D eigenvalue weighted by molar-refractivity contribution is 0.426. The highest BCUT2D eigenvalue weighted by Gasteiger charge is 2.25. The SMILES string of the molecule is CCN(Cc1ccc(Br)s1)S(=O)(=O)c1ccccc1Cl. The van der Waals surface area contributed by atoms with E-state index in [9.17, 15) is 8.42 Å². The lowest BCUT2D eigenvalue weighted by atomic mass is 10.4. The molecule has 1 aromatic carbocycles. The van der Waals surface area contributed by atoms with Gasteiger partial charge < -0.3 is 0 Å². The molecule has 0 bridgehead atoms. The van der Waals surface area contributed by atoms with E-state index in [1.54, 1.807) is 18.2 Å². The van der Waals surface area contributed by atoms with Gasteiger partial charge in [0.1, 0.15) is 4.90 Å². The van der Waals surface area contributed by atoms with Crippen molar-refractivity contribution in [3.63, 3.8) is 0 Å². The van der Waals surface area contributed by atoms with Crippen LogP contribution in [0.15, 0.2) is 45.1 Å². The van der Waals surface area contributed by atoms with E-state index in [1.165, 1.54) is 21.7 Å². The molecule has 0 unspecified atom stereocenters. The van der Waals surface area contributed by atoms with Crippen LogP contribution in [-0.4, -0.2) is 19.3 Å². The molecule has 0 spiro atoms. The van der Waals surface area contributed by atoms with Crippen molar-refractivity contribution in [2.75, 3.05) is 6.54 Å². The Hall–Kier alpha value is -0.400. The highest BCUT2D eigenvalue weighted by Crippen LogP contribution is 2.28. The average Bonchev–Trinajstić information content (AvgIpc) is 2.81. The molecule has 0 fully saturated rings. The first-order chi connectivity index (χ1) is 9.45. The van der Waals surface area contributed by atoms with Gasteiger partial charge in [0.2, 0.25) is 10.0 Å². The number of sulfonamides is 1. The maximum atomic E-state index is 12.6. The molecule has 1 heterocycles. The summed E-state index contributed by atoms with van der Waals surface area (Å²) in [5.74, 6) is 0. The fourth-order valence-corrected chi connectivity index (χ4v) is 5.27. The van der Waals surface area contributed by atoms with Gasteiger partial charge in [-0.3, -0.25) is 0 Å². The van der Waals surface area contributed by atoms with Crippen molar-refractivity contribution in [1.29, 1.82) is 0 Å². The molecule has 3 nitrogen and oxygen atoms in total. The zero-order valence-corrected chi connectivity index (χ0v) is 14.7. The second-order valence-electron chi connectivity index (χ2n) is 4.07. The van der Waals surface area contributed by atoms with Gasteiger partial charge in [-0.2, -0.15) is 4.31 Å². The van der Waals surface area contributed by atoms with E-state index in [1.807, 2.05) is 19.1 Å². The Labute approximate surface area is 136 Å². The summed E-state index contributed by atoms with van der Waals surface area (Å²) in [6, 6.07) is 10.3. The molecule has 0 saturated heterocycles. The molecule has 0 radical (unpaired) electrons. The highest BCUT2D eigenvalue weighted by molar-refractivity contribution is 9.11. The minimum Gasteiger partial charge on any atom is -0.207 e. The highest BCUT2D eigenvalue weighted by atomic mass is 79.9. The quantitative estimate of drug-likeness (QED) is 0.755. The lowest BCUT2D eigenvalue weighted by Crippen LogP contribution is -2.30. The molecular formula is C13H13BrClNO2S2. The van der Waals surface area contributed by atoms with Crippen molar-refractivity contribution < 1.29 is 8.42 Å². The van der Waals surface area contributed by atoms with E-state index >= 15 is 0 Å². The smallest absolute Gasteiger partial charge is 0.207 e. The molecule has 0 amide bonds. The van der Waals surface area contributed by atoms with Gasteiger partial charge in [0.15, 0.2) is 0 Å². The summed E-state index contributed by atoms with van der Waals surface area (Å²) in [7, 11) is -3.58. The molecule has 20 heavy (non-hydrogen) atoms. The van der Waals surface area contributed by atoms with Crippen molar-refractivity contribution in [3.8, 4) is 0 Å². The predicted octanol–water partition coefficient (Wildman–Crippen LogP) is 4.37. The van der Waals surface area contributed by atoms with E-state index in [2.05, 4.69) is 15.9 Å². The van der Waals surface area contributed by atoms with Crippen LogP contribution in [0.5, 0.6) is 0 Å². The summed E-state index contributed by atoms with van der Waals surface area (Å²) in [6.07, 6.45) is 0. The Kier molecular flexibility index (Phi) is 5.25. The second kappa shape index (κ2) is 6.58. The number of benzene rings is 1. The molecule has 0 atom stereocenters. The van der Waals surface area contributed by atoms with E-state index in [-0.39, 0.29) is 9.92 Å². The molecule has 7 heteroatoms. The third-order valence-corrected chi connectivity index (χ3v) is 6.80. The molecule has 1 aromatic heterocycles. The molecule has 2 rings (SSSR count). The average molecular weight is 395 g/mol. The third-order valence-electron chi connectivity index (χ3n) is 2.77. The van der Waals surface area contributed by atoms with Gasteiger partial charge in [0.05, 0.1) is 8.81 Å². The van der Waals surface area contributed by atoms with Crippen LogP contribution >= 0.6 is 38.9 Å². The first kappa shape index (κ1) is 16.0. The molecular weight excluding hydrogens is 382 g/mol. The van der Waals surface area contributed by atoms with E-state index < -0.39 is 10.0 Å². The molecule has 0 saturated carbocycles. The third kappa shape index (κ3) is 3.43. The van der Waals surface area contributed by atoms with Crippen molar-refractivity contribution in [3.05, 3.63) is 50.1 Å². The van der Waals surface area contributed by atoms with E-state index in [0.717, 1.165) is 8.66 Å². The van der Waals surface area contributed by atoms with Crippen LogP contribution < -0.4 is 0 Å². The minimum atomic E-state index is -3.58. The van der Waals surface area contributed by atoms with Crippen LogP contribution in [0, 0.1) is 0 Å². The van der Waals surface area contributed by atoms with E-state index in [0.29, 0.717) is 13.1 Å². The number of rotatable bonds is 5. The van der Waals surface area contributed by atoms with Gasteiger partial charge in [0, 0.05) is 18.0 Å². The predicted molar refractivity (Wildman–Crippen MR) is 86.7 cm³/mol. The summed E-state index contributed by atoms with van der Waals surface area (Å²) in [4.78, 5) is 1.13. The fourth-order valence-electron chi connectivity index (χ4n) is 1.77. The molecule has 0 aliphatic heterocycles. The van der Waals surface area contributed by atoms with Crippen LogP contribution in [0.3, 0.4) is 0 Å². The lowest BCUT2D eigenvalue weighted by Gasteiger charge is -2.20. The zero-order valence-electron chi connectivity index (χ0n) is 10.7. The number of thiophene rings is 1. The molecule has 108 valence electrons. The Morgan fingerprint density at radius 2 is 1.95 bits per heavy atom. The second-order valence-corrected chi connectivity index (χ2v) is 8.93. The largest absolute Gasteiger partial charge is 0.244 e. The summed E-state index contributed by atoms with van der Waals surface area (Å²) in [6.45, 7) is 2.56. The van der Waals surface area contributed by atoms with Crippen molar-refractivity contribution >= 4 is 48.9 Å². The monoisotopic (exact) mass is 393 g/mol. The van der Waals surface area contributed by atoms with E-state index in [4.69, 9.17) is 11.6 Å². The minimum absolute atomic E-state index is 0.152. The fraction of sp³-hybridized carbons (Fsp3) is 0.231. The van der Waals surface area contributed by atoms with Gasteiger partial charge in [-0.25, -0.2) is 8.42 Å². The Balaban J connectivity index is 2.33. The van der Waals surface area contributed by atoms with Gasteiger partial charge in [0.25, 0.3) is 0 Å². The Morgan fingerprint density at radius 1 is 1.25 bits per heavy atom. The Morgan fingerprint density at radius 3 is 2.50 bits per heavy atom. The van der Waals surface area contributed by atoms with Crippen LogP contribution in [0.25, 0.3) is 0 Å². The topological polar surface area (TPSA) is 37.4 Å². The van der Waals surface area contributed by atoms with Gasteiger partial charge >= 0.3 is 0 Å². The number of hydrogen-bond acceptors (Lipinski definition) is 3. The molecule has 0 aliphatic carbocycles. The number of halogens is 2. The number of hydrogen-bond donors (Lipinski definition) is 0. The maximum absolute atomic E-state index is 12.6. The molecule has 2 aromatic rings. The maximum Gasteiger partial charge on any atom is 0.244 e. The number of nitrogens with zero attached hydrogens (tertiary/aromatic N) is 1. The van der Waals surface area contributed by atoms with Crippen molar-refractivity contribution in [2.45, 2.75) is 18.4 Å². The first-order valence-electron chi connectivity index (χ1n) is 5.94. The summed E-state index contributed by atoms with van der Waals surface area (Å²) in [5, 5.41) is 0.248. The Bertz CT molecular complexity index is 700. The van der Waals surface area contributed by atoms with Gasteiger partial charge in [-0.1, -0.05) is 30.7 Å². The van der Waals surface area contributed by atoms with Gasteiger partial charge in [-0.15, -0.1) is 11.3 Å². The van der Waals surface area contributed by atoms with Crippen LogP contribution in [0.2, 0.25) is 5.02 Å². The van der Waals surface area contributed by atoms with Gasteiger partial charge in [-0.05, 0) is 40.2 Å². The van der Waals surface area contributed by atoms with Crippen molar-refractivity contribution in [1.82, 2.24) is 4.31 Å². The van der Waals surface area contributed by atoms with Crippen LogP contribution in [0.4, 0.5) is 0 Å². The standard InChI is InChI=1S/C13H13BrClNO2S2/c1-2-16(9-10-7-8-13(14)19-10)20(17,18)12-6-4-3-5-11(12)15/h3-8H,2,9H2,1H3. The summed E-state index contributed by atoms with van der Waals surface area (Å²) < 4.78 is 27.7. The van der Waals surface area contributed by atoms with Crippen LogP contribution in [0.1, 0.15) is 11.8 Å². The normalized spacial score (nSPS) is 12.0. The first-order valence-corrected chi connectivity index (χ1v) is 9.36. The van der Waals surface area contributed by atoms with Crippen molar-refractivity contribution in [2.24, 2.45) is 0 Å². The zero-order chi connectivity index (χ0) is 14.8. The summed E-state index contributed by atoms with van der Waals surface area (Å²) in [5.41, 5.74) is 0. The summed E-state index contributed by atoms with van der Waals surface area (Å²) >= 11 is 10.9. The molecule has 0 N–H and O–H groups in total. The van der Waals surface area contributed by atoms with Crippen LogP contribution in [-0.2, 0) is 16.6 Å². The molecule has 0 aliphatic rings.